The first kappa shape index (κ1) is 16.7. The summed E-state index contributed by atoms with van der Waals surface area (Å²) < 4.78 is 0. The molecule has 1 aromatic heterocycles. The van der Waals surface area contributed by atoms with E-state index < -0.39 is 0 Å². The fourth-order valence-corrected chi connectivity index (χ4v) is 4.47. The van der Waals surface area contributed by atoms with Gasteiger partial charge in [0.05, 0.1) is 5.41 Å². The molecule has 1 aliphatic heterocycles. The van der Waals surface area contributed by atoms with Crippen LogP contribution in [-0.4, -0.2) is 34.7 Å². The fraction of sp³-hybridized carbons (Fsp3) is 0.421. The number of hydrogen-bond acceptors (Lipinski definition) is 4. The van der Waals surface area contributed by atoms with Crippen LogP contribution in [0.1, 0.15) is 41.0 Å². The van der Waals surface area contributed by atoms with Gasteiger partial charge in [-0.25, -0.2) is 4.98 Å². The predicted molar refractivity (Wildman–Crippen MR) is 98.1 cm³/mol. The van der Waals surface area contributed by atoms with Crippen molar-refractivity contribution in [2.24, 2.45) is 5.92 Å². The minimum Gasteiger partial charge on any atom is -0.342 e. The largest absolute Gasteiger partial charge is 0.342 e. The first-order valence-corrected chi connectivity index (χ1v) is 9.85. The quantitative estimate of drug-likeness (QED) is 0.761. The van der Waals surface area contributed by atoms with Gasteiger partial charge >= 0.3 is 0 Å². The molecule has 0 bridgehead atoms. The molecule has 1 aliphatic carbocycles. The van der Waals surface area contributed by atoms with E-state index in [9.17, 15) is 9.59 Å². The Morgan fingerprint density at radius 3 is 2.40 bits per heavy atom. The second-order valence-electron chi connectivity index (χ2n) is 6.86. The van der Waals surface area contributed by atoms with Crippen molar-refractivity contribution < 1.29 is 9.59 Å². The van der Waals surface area contributed by atoms with Crippen molar-refractivity contribution in [1.29, 1.82) is 0 Å². The lowest BCUT2D eigenvalue weighted by Gasteiger charge is -2.33. The Hall–Kier alpha value is -1.72. The van der Waals surface area contributed by atoms with Crippen LogP contribution < -0.4 is 0 Å². The van der Waals surface area contributed by atoms with Crippen LogP contribution in [0, 0.1) is 5.92 Å². The molecule has 0 unspecified atom stereocenters. The summed E-state index contributed by atoms with van der Waals surface area (Å²) >= 11 is 7.36. The van der Waals surface area contributed by atoms with Crippen LogP contribution in [0.3, 0.4) is 0 Å². The third-order valence-corrected chi connectivity index (χ3v) is 6.39. The number of aromatic nitrogens is 1. The molecular formula is C19H19ClN2O2S. The summed E-state index contributed by atoms with van der Waals surface area (Å²) in [5.74, 6) is 0.316. The van der Waals surface area contributed by atoms with Crippen LogP contribution in [0.5, 0.6) is 0 Å². The molecule has 2 aromatic rings. The second-order valence-corrected chi connectivity index (χ2v) is 8.19. The zero-order valence-corrected chi connectivity index (χ0v) is 15.4. The maximum atomic E-state index is 13.1. The maximum Gasteiger partial charge on any atom is 0.233 e. The molecule has 130 valence electrons. The number of hydrogen-bond donors (Lipinski definition) is 0. The van der Waals surface area contributed by atoms with Gasteiger partial charge in [-0.2, -0.15) is 0 Å². The number of halogens is 1. The molecule has 2 heterocycles. The summed E-state index contributed by atoms with van der Waals surface area (Å²) in [6.07, 6.45) is 4.90. The molecule has 6 heteroatoms. The fourth-order valence-electron chi connectivity index (χ4n) is 3.69. The number of Topliss-reactive ketones (excluding diaryl/α,β-unsaturated/α-hetero) is 1. The van der Waals surface area contributed by atoms with Gasteiger partial charge in [0.25, 0.3) is 0 Å². The van der Waals surface area contributed by atoms with E-state index >= 15 is 0 Å². The highest BCUT2D eigenvalue weighted by molar-refractivity contribution is 7.11. The van der Waals surface area contributed by atoms with Gasteiger partial charge in [0, 0.05) is 35.6 Å². The summed E-state index contributed by atoms with van der Waals surface area (Å²) in [6.45, 7) is 1.30. The minimum absolute atomic E-state index is 0.0131. The molecule has 1 aromatic carbocycles. The molecule has 0 spiro atoms. The van der Waals surface area contributed by atoms with Crippen molar-refractivity contribution in [2.45, 2.75) is 31.1 Å². The second kappa shape index (κ2) is 6.54. The normalized spacial score (nSPS) is 19.6. The zero-order valence-electron chi connectivity index (χ0n) is 13.8. The van der Waals surface area contributed by atoms with E-state index in [1.165, 1.54) is 11.3 Å². The van der Waals surface area contributed by atoms with Crippen molar-refractivity contribution in [3.8, 4) is 0 Å². The molecule has 4 nitrogen and oxygen atoms in total. The third-order valence-electron chi connectivity index (χ3n) is 5.35. The SMILES string of the molecule is O=C(c1nccs1)C1CCN(C(=O)C2(c3ccc(Cl)cc3)CC2)CC1. The van der Waals surface area contributed by atoms with E-state index in [-0.39, 0.29) is 23.0 Å². The first-order valence-electron chi connectivity index (χ1n) is 8.59. The number of piperidine rings is 1. The van der Waals surface area contributed by atoms with E-state index in [4.69, 9.17) is 11.6 Å². The third kappa shape index (κ3) is 3.11. The van der Waals surface area contributed by atoms with E-state index in [1.807, 2.05) is 34.5 Å². The summed E-state index contributed by atoms with van der Waals surface area (Å²) in [5, 5.41) is 3.10. The highest BCUT2D eigenvalue weighted by Gasteiger charge is 2.53. The summed E-state index contributed by atoms with van der Waals surface area (Å²) in [6, 6.07) is 7.63. The Morgan fingerprint density at radius 1 is 1.16 bits per heavy atom. The Bertz CT molecular complexity index is 776. The van der Waals surface area contributed by atoms with Gasteiger partial charge in [0.1, 0.15) is 0 Å². The van der Waals surface area contributed by atoms with Crippen LogP contribution in [0.4, 0.5) is 0 Å². The maximum absolute atomic E-state index is 13.1. The van der Waals surface area contributed by atoms with Gasteiger partial charge in [0.15, 0.2) is 10.8 Å². The number of nitrogens with zero attached hydrogens (tertiary/aromatic N) is 2. The molecule has 1 saturated heterocycles. The molecule has 2 fully saturated rings. The van der Waals surface area contributed by atoms with Gasteiger partial charge in [-0.1, -0.05) is 23.7 Å². The van der Waals surface area contributed by atoms with Crippen molar-refractivity contribution >= 4 is 34.6 Å². The van der Waals surface area contributed by atoms with Crippen LogP contribution in [0.25, 0.3) is 0 Å². The van der Waals surface area contributed by atoms with Crippen molar-refractivity contribution in [1.82, 2.24) is 9.88 Å². The van der Waals surface area contributed by atoms with Gasteiger partial charge in [0.2, 0.25) is 5.91 Å². The average molecular weight is 375 g/mol. The van der Waals surface area contributed by atoms with Crippen molar-refractivity contribution in [3.63, 3.8) is 0 Å². The van der Waals surface area contributed by atoms with Crippen LogP contribution in [-0.2, 0) is 10.2 Å². The van der Waals surface area contributed by atoms with Gasteiger partial charge in [-0.05, 0) is 43.4 Å². The van der Waals surface area contributed by atoms with E-state index in [1.54, 1.807) is 6.20 Å². The lowest BCUT2D eigenvalue weighted by atomic mass is 9.89. The number of rotatable bonds is 4. The summed E-state index contributed by atoms with van der Waals surface area (Å²) in [7, 11) is 0. The molecule has 0 radical (unpaired) electrons. The molecule has 1 saturated carbocycles. The highest BCUT2D eigenvalue weighted by atomic mass is 35.5. The zero-order chi connectivity index (χ0) is 17.4. The van der Waals surface area contributed by atoms with Crippen molar-refractivity contribution in [2.75, 3.05) is 13.1 Å². The number of carbonyl (C=O) groups excluding carboxylic acids is 2. The van der Waals surface area contributed by atoms with Gasteiger partial charge in [-0.15, -0.1) is 11.3 Å². The molecule has 0 atom stereocenters. The molecule has 4 rings (SSSR count). The lowest BCUT2D eigenvalue weighted by Crippen LogP contribution is -2.45. The van der Waals surface area contributed by atoms with Crippen LogP contribution in [0.2, 0.25) is 5.02 Å². The monoisotopic (exact) mass is 374 g/mol. The van der Waals surface area contributed by atoms with Crippen LogP contribution >= 0.6 is 22.9 Å². The molecule has 25 heavy (non-hydrogen) atoms. The smallest absolute Gasteiger partial charge is 0.233 e. The van der Waals surface area contributed by atoms with E-state index in [0.29, 0.717) is 23.1 Å². The Balaban J connectivity index is 1.41. The Morgan fingerprint density at radius 2 is 1.84 bits per heavy atom. The molecule has 2 aliphatic rings. The Kier molecular flexibility index (Phi) is 4.38. The highest BCUT2D eigenvalue weighted by Crippen LogP contribution is 2.50. The topological polar surface area (TPSA) is 50.3 Å². The first-order chi connectivity index (χ1) is 12.1. The predicted octanol–water partition coefficient (Wildman–Crippen LogP) is 3.95. The van der Waals surface area contributed by atoms with Crippen LogP contribution in [0.15, 0.2) is 35.8 Å². The number of benzene rings is 1. The molecule has 0 N–H and O–H groups in total. The summed E-state index contributed by atoms with van der Waals surface area (Å²) in [5.41, 5.74) is 0.694. The summed E-state index contributed by atoms with van der Waals surface area (Å²) in [4.78, 5) is 31.6. The average Bonchev–Trinajstić information content (AvgIpc) is 3.27. The molecule has 1 amide bonds. The minimum atomic E-state index is -0.364. The number of ketones is 1. The number of likely N-dealkylation sites (tertiary alicyclic amines) is 1. The number of carbonyl (C=O) groups is 2. The molecular weight excluding hydrogens is 356 g/mol. The lowest BCUT2D eigenvalue weighted by molar-refractivity contribution is -0.135. The van der Waals surface area contributed by atoms with E-state index in [0.717, 1.165) is 31.2 Å². The number of amides is 1. The number of thiazole rings is 1. The van der Waals surface area contributed by atoms with Gasteiger partial charge < -0.3 is 4.90 Å². The standard InChI is InChI=1S/C19H19ClN2O2S/c20-15-3-1-14(2-4-15)19(7-8-19)18(24)22-10-5-13(6-11-22)16(23)17-21-9-12-25-17/h1-4,9,12-13H,5-8,10-11H2. The van der Waals surface area contributed by atoms with Gasteiger partial charge in [-0.3, -0.25) is 9.59 Å². The Labute approximate surface area is 155 Å². The van der Waals surface area contributed by atoms with E-state index in [2.05, 4.69) is 4.98 Å². The van der Waals surface area contributed by atoms with Crippen molar-refractivity contribution in [3.05, 3.63) is 51.4 Å².